The molecule has 0 aromatic heterocycles. The molecule has 56 valence electrons. The van der Waals surface area contributed by atoms with Crippen LogP contribution in [0.4, 0.5) is 0 Å². The number of aliphatic carboxylic acids is 1. The van der Waals surface area contributed by atoms with Crippen LogP contribution in [0.25, 0.3) is 0 Å². The molecule has 1 aliphatic heterocycles. The van der Waals surface area contributed by atoms with E-state index >= 15 is 0 Å². The summed E-state index contributed by atoms with van der Waals surface area (Å²) in [6, 6.07) is 0. The molecule has 1 unspecified atom stereocenters. The van der Waals surface area contributed by atoms with E-state index in [0.29, 0.717) is 6.61 Å². The van der Waals surface area contributed by atoms with E-state index in [4.69, 9.17) is 9.84 Å². The number of hydrogen-bond donors (Lipinski definition) is 1. The van der Waals surface area contributed by atoms with E-state index in [0.717, 1.165) is 6.42 Å². The molecular formula is C6H7BrO3. The Labute approximate surface area is 66.5 Å². The molecule has 2 rings (SSSR count). The highest BCUT2D eigenvalue weighted by Gasteiger charge is 2.71. The largest absolute Gasteiger partial charge is 0.481 e. The van der Waals surface area contributed by atoms with Crippen molar-refractivity contribution in [3.63, 3.8) is 0 Å². The van der Waals surface area contributed by atoms with Crippen molar-refractivity contribution in [2.75, 3.05) is 6.61 Å². The van der Waals surface area contributed by atoms with Gasteiger partial charge in [0, 0.05) is 6.61 Å². The van der Waals surface area contributed by atoms with Gasteiger partial charge in [-0.2, -0.15) is 0 Å². The van der Waals surface area contributed by atoms with Gasteiger partial charge in [0.25, 0.3) is 0 Å². The van der Waals surface area contributed by atoms with Crippen LogP contribution in [-0.2, 0) is 9.53 Å². The molecule has 0 aromatic rings. The number of ether oxygens (including phenoxy) is 1. The van der Waals surface area contributed by atoms with Gasteiger partial charge in [0.1, 0.15) is 5.92 Å². The van der Waals surface area contributed by atoms with Crippen LogP contribution in [0.2, 0.25) is 0 Å². The fraction of sp³-hybridized carbons (Fsp3) is 0.833. The van der Waals surface area contributed by atoms with Gasteiger partial charge < -0.3 is 9.84 Å². The molecule has 1 heterocycles. The lowest BCUT2D eigenvalue weighted by Gasteiger charge is -1.99. The second-order valence-electron chi connectivity index (χ2n) is 2.78. The number of carbonyl (C=O) groups is 1. The summed E-state index contributed by atoms with van der Waals surface area (Å²) in [7, 11) is 0. The molecule has 0 bridgehead atoms. The smallest absolute Gasteiger partial charge is 0.310 e. The first-order valence-electron chi connectivity index (χ1n) is 3.19. The van der Waals surface area contributed by atoms with E-state index < -0.39 is 5.97 Å². The molecule has 10 heavy (non-hydrogen) atoms. The zero-order chi connectivity index (χ0) is 7.35. The molecule has 0 radical (unpaired) electrons. The van der Waals surface area contributed by atoms with Crippen molar-refractivity contribution in [1.82, 2.24) is 0 Å². The first kappa shape index (κ1) is 6.61. The lowest BCUT2D eigenvalue weighted by Crippen LogP contribution is -2.11. The maximum Gasteiger partial charge on any atom is 0.310 e. The van der Waals surface area contributed by atoms with Crippen molar-refractivity contribution in [3.05, 3.63) is 0 Å². The average molecular weight is 207 g/mol. The van der Waals surface area contributed by atoms with E-state index in [2.05, 4.69) is 15.9 Å². The number of fused-ring (bicyclic) bond motifs is 1. The van der Waals surface area contributed by atoms with E-state index in [1.54, 1.807) is 0 Å². The van der Waals surface area contributed by atoms with Crippen LogP contribution in [-0.4, -0.2) is 28.1 Å². The number of alkyl halides is 1. The maximum absolute atomic E-state index is 10.5. The first-order chi connectivity index (χ1) is 4.66. The van der Waals surface area contributed by atoms with Crippen LogP contribution in [0.5, 0.6) is 0 Å². The average Bonchev–Trinajstić information content (AvgIpc) is 2.22. The summed E-state index contributed by atoms with van der Waals surface area (Å²) >= 11 is 3.38. The van der Waals surface area contributed by atoms with Crippen molar-refractivity contribution < 1.29 is 14.6 Å². The predicted molar refractivity (Wildman–Crippen MR) is 37.1 cm³/mol. The molecule has 1 aliphatic carbocycles. The Morgan fingerprint density at radius 3 is 2.80 bits per heavy atom. The third-order valence-corrected chi connectivity index (χ3v) is 3.57. The molecule has 0 aromatic carbocycles. The van der Waals surface area contributed by atoms with Gasteiger partial charge in [-0.25, -0.2) is 0 Å². The van der Waals surface area contributed by atoms with Crippen LogP contribution in [0.15, 0.2) is 0 Å². The summed E-state index contributed by atoms with van der Waals surface area (Å²) in [4.78, 5) is 10.5. The number of rotatable bonds is 1. The molecule has 3 atom stereocenters. The molecular weight excluding hydrogens is 200 g/mol. The highest BCUT2D eigenvalue weighted by molar-refractivity contribution is 9.10. The van der Waals surface area contributed by atoms with Crippen LogP contribution in [0.1, 0.15) is 6.42 Å². The molecule has 1 saturated heterocycles. The first-order valence-corrected chi connectivity index (χ1v) is 3.99. The Morgan fingerprint density at radius 2 is 2.50 bits per heavy atom. The van der Waals surface area contributed by atoms with Gasteiger partial charge in [0.15, 0.2) is 0 Å². The molecule has 2 fully saturated rings. The third kappa shape index (κ3) is 0.609. The Kier molecular flexibility index (Phi) is 1.15. The van der Waals surface area contributed by atoms with Crippen LogP contribution >= 0.6 is 15.9 Å². The lowest BCUT2D eigenvalue weighted by atomic mass is 10.2. The van der Waals surface area contributed by atoms with Gasteiger partial charge in [-0.3, -0.25) is 4.79 Å². The third-order valence-electron chi connectivity index (χ3n) is 2.23. The summed E-state index contributed by atoms with van der Waals surface area (Å²) in [5.41, 5.74) is 0. The number of carboxylic acid groups (broad SMARTS) is 1. The summed E-state index contributed by atoms with van der Waals surface area (Å²) in [5.74, 6) is -1.05. The molecule has 2 aliphatic rings. The molecule has 4 heteroatoms. The normalized spacial score (nSPS) is 50.5. The van der Waals surface area contributed by atoms with E-state index in [1.807, 2.05) is 0 Å². The minimum atomic E-state index is -0.749. The van der Waals surface area contributed by atoms with Gasteiger partial charge in [-0.05, 0) is 6.42 Å². The zero-order valence-electron chi connectivity index (χ0n) is 5.21. The molecule has 1 saturated carbocycles. The van der Waals surface area contributed by atoms with Crippen molar-refractivity contribution in [2.24, 2.45) is 5.92 Å². The van der Waals surface area contributed by atoms with Crippen LogP contribution in [0.3, 0.4) is 0 Å². The molecule has 0 spiro atoms. The second-order valence-corrected chi connectivity index (χ2v) is 4.26. The van der Waals surface area contributed by atoms with Crippen molar-refractivity contribution in [2.45, 2.75) is 16.8 Å². The van der Waals surface area contributed by atoms with Gasteiger partial charge >= 0.3 is 5.97 Å². The molecule has 1 N–H and O–H groups in total. The van der Waals surface area contributed by atoms with E-state index in [-0.39, 0.29) is 16.3 Å². The van der Waals surface area contributed by atoms with Gasteiger partial charge in [-0.1, -0.05) is 15.9 Å². The number of halogens is 1. The van der Waals surface area contributed by atoms with Crippen LogP contribution in [0, 0.1) is 5.92 Å². The standard InChI is InChI=1S/C6H7BrO3/c7-6-1-2-10-4(6)3(6)5(8)9/h3-4H,1-2H2,(H,8,9)/t3-,4-,6?/m1/s1. The Morgan fingerprint density at radius 1 is 1.80 bits per heavy atom. The quantitative estimate of drug-likeness (QED) is 0.641. The van der Waals surface area contributed by atoms with Crippen LogP contribution < -0.4 is 0 Å². The maximum atomic E-state index is 10.5. The SMILES string of the molecule is O=C(O)[C@H]1[C@H]2OCCC21Br. The van der Waals surface area contributed by atoms with Crippen molar-refractivity contribution in [1.29, 1.82) is 0 Å². The summed E-state index contributed by atoms with van der Waals surface area (Å²) in [6.07, 6.45) is 0.763. The summed E-state index contributed by atoms with van der Waals surface area (Å²) in [6.45, 7) is 0.694. The number of hydrogen-bond acceptors (Lipinski definition) is 2. The summed E-state index contributed by atoms with van der Waals surface area (Å²) in [5, 5.41) is 8.61. The predicted octanol–water partition coefficient (Wildman–Crippen LogP) is 0.623. The highest BCUT2D eigenvalue weighted by atomic mass is 79.9. The Hall–Kier alpha value is -0.0900. The molecule has 0 amide bonds. The number of carboxylic acids is 1. The summed E-state index contributed by atoms with van der Waals surface area (Å²) < 4.78 is 4.97. The molecule has 3 nitrogen and oxygen atoms in total. The minimum absolute atomic E-state index is 0.0648. The Balaban J connectivity index is 2.15. The van der Waals surface area contributed by atoms with Crippen molar-refractivity contribution in [3.8, 4) is 0 Å². The van der Waals surface area contributed by atoms with E-state index in [9.17, 15) is 4.79 Å². The fourth-order valence-electron chi connectivity index (χ4n) is 1.59. The minimum Gasteiger partial charge on any atom is -0.481 e. The zero-order valence-corrected chi connectivity index (χ0v) is 6.80. The topological polar surface area (TPSA) is 46.5 Å². The Bertz CT molecular complexity index is 193. The van der Waals surface area contributed by atoms with Crippen molar-refractivity contribution >= 4 is 21.9 Å². The highest BCUT2D eigenvalue weighted by Crippen LogP contribution is 2.59. The lowest BCUT2D eigenvalue weighted by molar-refractivity contribution is -0.140. The monoisotopic (exact) mass is 206 g/mol. The van der Waals surface area contributed by atoms with Gasteiger partial charge in [0.05, 0.1) is 10.4 Å². The van der Waals surface area contributed by atoms with Gasteiger partial charge in [0.2, 0.25) is 0 Å². The second kappa shape index (κ2) is 1.74. The van der Waals surface area contributed by atoms with E-state index in [1.165, 1.54) is 0 Å². The fourth-order valence-corrected chi connectivity index (χ4v) is 2.45. The van der Waals surface area contributed by atoms with Gasteiger partial charge in [-0.15, -0.1) is 0 Å².